The number of rotatable bonds is 31. The van der Waals surface area contributed by atoms with Crippen molar-refractivity contribution in [3.05, 3.63) is 24.3 Å². The number of amides is 1. The summed E-state index contributed by atoms with van der Waals surface area (Å²) in [4.78, 5) is 34.7. The van der Waals surface area contributed by atoms with Crippen molar-refractivity contribution in [3.63, 3.8) is 0 Å². The summed E-state index contributed by atoms with van der Waals surface area (Å²) in [7, 11) is 0. The SMILES string of the molecule is CCCCC/C=C\C/C=C\C(CCCCCCC(=O)NCC(=O)O)OC(=O)CCCCCCCCCCCCCCC. The molecule has 0 bridgehead atoms. The topological polar surface area (TPSA) is 92.7 Å². The molecule has 6 heteroatoms. The zero-order valence-corrected chi connectivity index (χ0v) is 27.4. The molecule has 0 heterocycles. The lowest BCUT2D eigenvalue weighted by Crippen LogP contribution is -2.28. The van der Waals surface area contributed by atoms with Crippen molar-refractivity contribution in [1.82, 2.24) is 5.32 Å². The Hall–Kier alpha value is -2.11. The fraction of sp³-hybridized carbons (Fsp3) is 0.806. The second-order valence-electron chi connectivity index (χ2n) is 11.8. The van der Waals surface area contributed by atoms with Crippen LogP contribution in [0.15, 0.2) is 24.3 Å². The Kier molecular flexibility index (Phi) is 30.2. The fourth-order valence-electron chi connectivity index (χ4n) is 4.99. The highest BCUT2D eigenvalue weighted by Gasteiger charge is 2.11. The van der Waals surface area contributed by atoms with Crippen LogP contribution >= 0.6 is 0 Å². The Morgan fingerprint density at radius 2 is 1.17 bits per heavy atom. The van der Waals surface area contributed by atoms with Crippen LogP contribution in [-0.4, -0.2) is 35.6 Å². The van der Waals surface area contributed by atoms with Gasteiger partial charge in [0.25, 0.3) is 0 Å². The number of hydrogen-bond donors (Lipinski definition) is 2. The molecular weight excluding hydrogens is 526 g/mol. The molecule has 0 aromatic rings. The highest BCUT2D eigenvalue weighted by atomic mass is 16.5. The Balaban J connectivity index is 4.19. The first-order valence-electron chi connectivity index (χ1n) is 17.5. The van der Waals surface area contributed by atoms with E-state index < -0.39 is 5.97 Å². The van der Waals surface area contributed by atoms with E-state index in [1.165, 1.54) is 89.9 Å². The van der Waals surface area contributed by atoms with E-state index in [1.807, 2.05) is 6.08 Å². The average molecular weight is 592 g/mol. The molecule has 0 aliphatic carbocycles. The Bertz CT molecular complexity index is 703. The number of unbranched alkanes of at least 4 members (excludes halogenated alkanes) is 18. The zero-order chi connectivity index (χ0) is 30.9. The van der Waals surface area contributed by atoms with Gasteiger partial charge in [0.15, 0.2) is 0 Å². The third-order valence-electron chi connectivity index (χ3n) is 7.61. The van der Waals surface area contributed by atoms with E-state index >= 15 is 0 Å². The summed E-state index contributed by atoms with van der Waals surface area (Å²) in [6.45, 7) is 4.15. The van der Waals surface area contributed by atoms with E-state index in [1.54, 1.807) is 0 Å². The summed E-state index contributed by atoms with van der Waals surface area (Å²) in [6, 6.07) is 0. The van der Waals surface area contributed by atoms with Gasteiger partial charge >= 0.3 is 11.9 Å². The molecule has 0 aromatic carbocycles. The minimum absolute atomic E-state index is 0.0991. The maximum absolute atomic E-state index is 12.6. The van der Waals surface area contributed by atoms with Gasteiger partial charge in [-0.2, -0.15) is 0 Å². The first-order chi connectivity index (χ1) is 20.5. The number of esters is 1. The van der Waals surface area contributed by atoms with Crippen LogP contribution in [0.3, 0.4) is 0 Å². The summed E-state index contributed by atoms with van der Waals surface area (Å²) in [5, 5.41) is 11.0. The van der Waals surface area contributed by atoms with Crippen molar-refractivity contribution in [2.24, 2.45) is 0 Å². The molecule has 0 saturated carbocycles. The molecule has 1 unspecified atom stereocenters. The van der Waals surface area contributed by atoms with Gasteiger partial charge in [-0.1, -0.05) is 135 Å². The number of allylic oxidation sites excluding steroid dienone is 3. The van der Waals surface area contributed by atoms with E-state index in [0.717, 1.165) is 57.8 Å². The van der Waals surface area contributed by atoms with Gasteiger partial charge in [0.2, 0.25) is 5.91 Å². The highest BCUT2D eigenvalue weighted by molar-refractivity contribution is 5.80. The van der Waals surface area contributed by atoms with Crippen molar-refractivity contribution in [2.45, 2.75) is 180 Å². The van der Waals surface area contributed by atoms with Crippen LogP contribution in [0, 0.1) is 0 Å². The maximum atomic E-state index is 12.6. The van der Waals surface area contributed by atoms with Gasteiger partial charge in [0.05, 0.1) is 0 Å². The molecule has 2 N–H and O–H groups in total. The molecule has 1 atom stereocenters. The van der Waals surface area contributed by atoms with Crippen LogP contribution in [0.4, 0.5) is 0 Å². The van der Waals surface area contributed by atoms with Gasteiger partial charge in [0, 0.05) is 12.8 Å². The standard InChI is InChI=1S/C36H65NO5/c1-3-5-7-9-11-13-14-15-16-17-19-21-27-31-36(41)42-33(28-24-20-18-12-10-8-6-4-2)29-25-22-23-26-30-34(38)37-32-35(39)40/h12,18,24,28,33H,3-11,13-17,19-23,25-27,29-32H2,1-2H3,(H,37,38)(H,39,40)/b18-12-,28-24-. The van der Waals surface area contributed by atoms with E-state index in [-0.39, 0.29) is 24.5 Å². The molecule has 0 aliphatic heterocycles. The minimum Gasteiger partial charge on any atom is -0.480 e. The average Bonchev–Trinajstić information content (AvgIpc) is 2.97. The summed E-state index contributed by atoms with van der Waals surface area (Å²) >= 11 is 0. The quantitative estimate of drug-likeness (QED) is 0.0475. The third kappa shape index (κ3) is 30.8. The zero-order valence-electron chi connectivity index (χ0n) is 27.4. The van der Waals surface area contributed by atoms with Crippen LogP contribution in [-0.2, 0) is 19.1 Å². The minimum atomic E-state index is -1.03. The van der Waals surface area contributed by atoms with Crippen LogP contribution in [0.5, 0.6) is 0 Å². The number of hydrogen-bond acceptors (Lipinski definition) is 4. The Labute approximate surface area is 258 Å². The van der Waals surface area contributed by atoms with E-state index in [4.69, 9.17) is 9.84 Å². The number of carboxylic acids is 1. The van der Waals surface area contributed by atoms with Gasteiger partial charge < -0.3 is 15.2 Å². The first-order valence-corrected chi connectivity index (χ1v) is 17.5. The van der Waals surface area contributed by atoms with Crippen LogP contribution in [0.2, 0.25) is 0 Å². The van der Waals surface area contributed by atoms with Crippen molar-refractivity contribution in [1.29, 1.82) is 0 Å². The second kappa shape index (κ2) is 31.8. The Morgan fingerprint density at radius 1 is 0.643 bits per heavy atom. The number of carboxylic acid groups (broad SMARTS) is 1. The molecule has 42 heavy (non-hydrogen) atoms. The highest BCUT2D eigenvalue weighted by Crippen LogP contribution is 2.15. The molecule has 1 amide bonds. The van der Waals surface area contributed by atoms with Crippen molar-refractivity contribution in [3.8, 4) is 0 Å². The lowest BCUT2D eigenvalue weighted by Gasteiger charge is -2.14. The molecule has 6 nitrogen and oxygen atoms in total. The number of nitrogens with one attached hydrogen (secondary N) is 1. The smallest absolute Gasteiger partial charge is 0.322 e. The number of carbonyl (C=O) groups excluding carboxylic acids is 2. The monoisotopic (exact) mass is 591 g/mol. The summed E-state index contributed by atoms with van der Waals surface area (Å²) in [5.74, 6) is -1.35. The first kappa shape index (κ1) is 39.9. The lowest BCUT2D eigenvalue weighted by molar-refractivity contribution is -0.147. The molecule has 0 aromatic heterocycles. The lowest BCUT2D eigenvalue weighted by atomic mass is 10.0. The van der Waals surface area contributed by atoms with Gasteiger partial charge in [-0.3, -0.25) is 14.4 Å². The molecule has 0 radical (unpaired) electrons. The van der Waals surface area contributed by atoms with Crippen molar-refractivity contribution in [2.75, 3.05) is 6.54 Å². The van der Waals surface area contributed by atoms with Gasteiger partial charge in [-0.15, -0.1) is 0 Å². The largest absolute Gasteiger partial charge is 0.480 e. The molecule has 0 fully saturated rings. The second-order valence-corrected chi connectivity index (χ2v) is 11.8. The summed E-state index contributed by atoms with van der Waals surface area (Å²) < 4.78 is 5.85. The molecule has 0 saturated heterocycles. The summed E-state index contributed by atoms with van der Waals surface area (Å²) in [6.07, 6.45) is 35.9. The number of carbonyl (C=O) groups is 3. The van der Waals surface area contributed by atoms with Crippen molar-refractivity contribution < 1.29 is 24.2 Å². The summed E-state index contributed by atoms with van der Waals surface area (Å²) in [5.41, 5.74) is 0. The number of ether oxygens (including phenoxy) is 1. The van der Waals surface area contributed by atoms with Gasteiger partial charge in [-0.05, 0) is 51.0 Å². The number of aliphatic carboxylic acids is 1. The van der Waals surface area contributed by atoms with E-state index in [0.29, 0.717) is 12.8 Å². The molecule has 0 aliphatic rings. The van der Waals surface area contributed by atoms with E-state index in [9.17, 15) is 14.4 Å². The van der Waals surface area contributed by atoms with Crippen LogP contribution < -0.4 is 5.32 Å². The molecule has 0 rings (SSSR count). The normalized spacial score (nSPS) is 12.2. The van der Waals surface area contributed by atoms with Gasteiger partial charge in [-0.25, -0.2) is 0 Å². The molecular formula is C36H65NO5. The van der Waals surface area contributed by atoms with Crippen LogP contribution in [0.25, 0.3) is 0 Å². The van der Waals surface area contributed by atoms with E-state index in [2.05, 4.69) is 37.4 Å². The maximum Gasteiger partial charge on any atom is 0.322 e. The predicted octanol–water partition coefficient (Wildman–Crippen LogP) is 10.0. The fourth-order valence-corrected chi connectivity index (χ4v) is 4.99. The Morgan fingerprint density at radius 3 is 1.76 bits per heavy atom. The predicted molar refractivity (Wildman–Crippen MR) is 176 cm³/mol. The molecule has 0 spiro atoms. The van der Waals surface area contributed by atoms with Gasteiger partial charge in [0.1, 0.15) is 12.6 Å². The third-order valence-corrected chi connectivity index (χ3v) is 7.61. The van der Waals surface area contributed by atoms with Crippen molar-refractivity contribution >= 4 is 17.8 Å². The van der Waals surface area contributed by atoms with Crippen LogP contribution in [0.1, 0.15) is 174 Å². The molecule has 244 valence electrons.